The number of urea groups is 1. The fourth-order valence-electron chi connectivity index (χ4n) is 2.96. The highest BCUT2D eigenvalue weighted by Gasteiger charge is 2.19. The summed E-state index contributed by atoms with van der Waals surface area (Å²) in [4.78, 5) is 13.9. The number of ether oxygens (including phenoxy) is 2. The van der Waals surface area contributed by atoms with Crippen molar-refractivity contribution in [3.05, 3.63) is 42.5 Å². The molecule has 0 spiro atoms. The van der Waals surface area contributed by atoms with Gasteiger partial charge in [-0.05, 0) is 55.7 Å². The van der Waals surface area contributed by atoms with Gasteiger partial charge in [-0.3, -0.25) is 4.90 Å². The van der Waals surface area contributed by atoms with Crippen molar-refractivity contribution in [3.63, 3.8) is 0 Å². The van der Waals surface area contributed by atoms with E-state index in [1.54, 1.807) is 4.90 Å². The summed E-state index contributed by atoms with van der Waals surface area (Å²) in [5.41, 5.74) is 2.98. The highest BCUT2D eigenvalue weighted by Crippen LogP contribution is 2.34. The molecule has 0 aromatic heterocycles. The fraction of sp³-hybridized carbons (Fsp3) is 0.350. The number of rotatable bonds is 6. The number of hydrogen-bond acceptors (Lipinski definition) is 3. The smallest absolute Gasteiger partial charge is 0.321 e. The van der Waals surface area contributed by atoms with Crippen LogP contribution in [0.4, 0.5) is 10.5 Å². The van der Waals surface area contributed by atoms with Crippen LogP contribution in [0.3, 0.4) is 0 Å². The Bertz CT molecular complexity index is 745. The molecule has 2 aromatic carbocycles. The van der Waals surface area contributed by atoms with Gasteiger partial charge >= 0.3 is 6.03 Å². The normalized spacial score (nSPS) is 14.2. The van der Waals surface area contributed by atoms with Crippen LogP contribution in [0.25, 0.3) is 11.1 Å². The lowest BCUT2D eigenvalue weighted by molar-refractivity contribution is 0.243. The molecule has 5 nitrogen and oxygen atoms in total. The van der Waals surface area contributed by atoms with Crippen LogP contribution in [0.1, 0.15) is 20.3 Å². The van der Waals surface area contributed by atoms with Gasteiger partial charge in [-0.1, -0.05) is 18.2 Å². The molecule has 2 amide bonds. The molecule has 0 bridgehead atoms. The summed E-state index contributed by atoms with van der Waals surface area (Å²) in [6, 6.07) is 13.9. The zero-order valence-corrected chi connectivity index (χ0v) is 14.7. The molecule has 2 aromatic rings. The summed E-state index contributed by atoms with van der Waals surface area (Å²) in [7, 11) is 0. The number of nitrogens with one attached hydrogen (secondary N) is 1. The topological polar surface area (TPSA) is 50.8 Å². The van der Waals surface area contributed by atoms with E-state index in [1.807, 2.05) is 56.3 Å². The molecule has 1 N–H and O–H groups in total. The summed E-state index contributed by atoms with van der Waals surface area (Å²) in [6.07, 6.45) is 0.952. The highest BCUT2D eigenvalue weighted by atomic mass is 16.5. The van der Waals surface area contributed by atoms with Gasteiger partial charge in [0.25, 0.3) is 0 Å². The number of nitrogens with zero attached hydrogens (tertiary/aromatic N) is 1. The molecule has 0 unspecified atom stereocenters. The second-order valence-electron chi connectivity index (χ2n) is 5.81. The van der Waals surface area contributed by atoms with E-state index in [4.69, 9.17) is 9.47 Å². The molecule has 1 saturated heterocycles. The van der Waals surface area contributed by atoms with Gasteiger partial charge in [0.15, 0.2) is 11.5 Å². The molecule has 1 aliphatic heterocycles. The molecular formula is C20H24N2O3. The van der Waals surface area contributed by atoms with Gasteiger partial charge in [0.05, 0.1) is 13.2 Å². The Morgan fingerprint density at radius 3 is 2.52 bits per heavy atom. The maximum absolute atomic E-state index is 12.1. The van der Waals surface area contributed by atoms with Gasteiger partial charge in [-0.15, -0.1) is 0 Å². The van der Waals surface area contributed by atoms with Crippen LogP contribution in [0.5, 0.6) is 11.5 Å². The van der Waals surface area contributed by atoms with Gasteiger partial charge in [0.1, 0.15) is 0 Å². The molecule has 0 aliphatic carbocycles. The number of carbonyl (C=O) groups excluding carboxylic acids is 1. The second-order valence-corrected chi connectivity index (χ2v) is 5.81. The Kier molecular flexibility index (Phi) is 5.43. The molecule has 1 fully saturated rings. The van der Waals surface area contributed by atoms with E-state index >= 15 is 0 Å². The maximum atomic E-state index is 12.1. The lowest BCUT2D eigenvalue weighted by Crippen LogP contribution is -2.46. The minimum absolute atomic E-state index is 0.0369. The van der Waals surface area contributed by atoms with Crippen molar-refractivity contribution in [2.45, 2.75) is 20.3 Å². The summed E-state index contributed by atoms with van der Waals surface area (Å²) >= 11 is 0. The SMILES string of the molecule is CCOc1ccc(-c2cccc(N3CCCNC3=O)c2)cc1OCC. The van der Waals surface area contributed by atoms with Crippen LogP contribution >= 0.6 is 0 Å². The molecule has 0 saturated carbocycles. The summed E-state index contributed by atoms with van der Waals surface area (Å²) in [6.45, 7) is 6.57. The van der Waals surface area contributed by atoms with Gasteiger partial charge in [-0.2, -0.15) is 0 Å². The van der Waals surface area contributed by atoms with E-state index in [0.29, 0.717) is 13.2 Å². The van der Waals surface area contributed by atoms with Crippen molar-refractivity contribution in [2.24, 2.45) is 0 Å². The average Bonchev–Trinajstić information content (AvgIpc) is 2.64. The van der Waals surface area contributed by atoms with Crippen LogP contribution in [0.15, 0.2) is 42.5 Å². The first-order valence-corrected chi connectivity index (χ1v) is 8.78. The Morgan fingerprint density at radius 2 is 1.76 bits per heavy atom. The molecule has 0 atom stereocenters. The van der Waals surface area contributed by atoms with Crippen molar-refractivity contribution in [1.82, 2.24) is 5.32 Å². The van der Waals surface area contributed by atoms with E-state index in [1.165, 1.54) is 0 Å². The minimum Gasteiger partial charge on any atom is -0.490 e. The van der Waals surface area contributed by atoms with Crippen molar-refractivity contribution in [1.29, 1.82) is 0 Å². The Morgan fingerprint density at radius 1 is 1.00 bits per heavy atom. The molecule has 5 heteroatoms. The molecule has 1 aliphatic rings. The molecule has 1 heterocycles. The predicted molar refractivity (Wildman–Crippen MR) is 99.6 cm³/mol. The van der Waals surface area contributed by atoms with Gasteiger partial charge in [0.2, 0.25) is 0 Å². The van der Waals surface area contributed by atoms with Gasteiger partial charge < -0.3 is 14.8 Å². The lowest BCUT2D eigenvalue weighted by Gasteiger charge is -2.27. The molecule has 3 rings (SSSR count). The summed E-state index contributed by atoms with van der Waals surface area (Å²) in [5.74, 6) is 1.49. The number of anilines is 1. The fourth-order valence-corrected chi connectivity index (χ4v) is 2.96. The quantitative estimate of drug-likeness (QED) is 0.862. The van der Waals surface area contributed by atoms with Crippen LogP contribution in [0, 0.1) is 0 Å². The highest BCUT2D eigenvalue weighted by molar-refractivity contribution is 5.93. The Hall–Kier alpha value is -2.69. The first-order valence-electron chi connectivity index (χ1n) is 8.78. The van der Waals surface area contributed by atoms with Crippen molar-refractivity contribution < 1.29 is 14.3 Å². The van der Waals surface area contributed by atoms with E-state index in [0.717, 1.165) is 47.8 Å². The monoisotopic (exact) mass is 340 g/mol. The largest absolute Gasteiger partial charge is 0.490 e. The predicted octanol–water partition coefficient (Wildman–Crippen LogP) is 4.07. The van der Waals surface area contributed by atoms with E-state index < -0.39 is 0 Å². The zero-order chi connectivity index (χ0) is 17.6. The van der Waals surface area contributed by atoms with Crippen LogP contribution in [0.2, 0.25) is 0 Å². The average molecular weight is 340 g/mol. The Labute approximate surface area is 148 Å². The first kappa shape index (κ1) is 17.1. The molecule has 132 valence electrons. The Balaban J connectivity index is 1.92. The van der Waals surface area contributed by atoms with Crippen LogP contribution < -0.4 is 19.7 Å². The second kappa shape index (κ2) is 7.92. The third kappa shape index (κ3) is 3.87. The van der Waals surface area contributed by atoms with Gasteiger partial charge in [0, 0.05) is 18.8 Å². The van der Waals surface area contributed by atoms with Crippen molar-refractivity contribution in [3.8, 4) is 22.6 Å². The third-order valence-corrected chi connectivity index (χ3v) is 4.11. The number of benzene rings is 2. The summed E-state index contributed by atoms with van der Waals surface area (Å²) < 4.78 is 11.3. The number of amides is 2. The number of carbonyl (C=O) groups is 1. The molecule has 25 heavy (non-hydrogen) atoms. The van der Waals surface area contributed by atoms with E-state index in [-0.39, 0.29) is 6.03 Å². The van der Waals surface area contributed by atoms with Crippen LogP contribution in [-0.2, 0) is 0 Å². The van der Waals surface area contributed by atoms with Gasteiger partial charge in [-0.25, -0.2) is 4.79 Å². The standard InChI is InChI=1S/C20H24N2O3/c1-3-24-18-10-9-16(14-19(18)25-4-2)15-7-5-8-17(13-15)22-12-6-11-21-20(22)23/h5,7-10,13-14H,3-4,6,11-12H2,1-2H3,(H,21,23). The first-order chi connectivity index (χ1) is 12.2. The number of hydrogen-bond donors (Lipinski definition) is 1. The van der Waals surface area contributed by atoms with E-state index in [9.17, 15) is 4.79 Å². The molecule has 0 radical (unpaired) electrons. The zero-order valence-electron chi connectivity index (χ0n) is 14.7. The summed E-state index contributed by atoms with van der Waals surface area (Å²) in [5, 5.41) is 2.89. The maximum Gasteiger partial charge on any atom is 0.321 e. The minimum atomic E-state index is -0.0369. The van der Waals surface area contributed by atoms with E-state index in [2.05, 4.69) is 5.32 Å². The van der Waals surface area contributed by atoms with Crippen LogP contribution in [-0.4, -0.2) is 32.3 Å². The molecular weight excluding hydrogens is 316 g/mol. The van der Waals surface area contributed by atoms with Crippen molar-refractivity contribution in [2.75, 3.05) is 31.2 Å². The third-order valence-electron chi connectivity index (χ3n) is 4.11. The lowest BCUT2D eigenvalue weighted by atomic mass is 10.0. The van der Waals surface area contributed by atoms with Crippen molar-refractivity contribution >= 4 is 11.7 Å².